The molecule has 2 N–H and O–H groups in total. The molecule has 5 rings (SSSR count). The fourth-order valence-corrected chi connectivity index (χ4v) is 4.82. The number of benzene rings is 2. The van der Waals surface area contributed by atoms with Crippen LogP contribution in [0.3, 0.4) is 0 Å². The summed E-state index contributed by atoms with van der Waals surface area (Å²) in [5.41, 5.74) is 5.06. The highest BCUT2D eigenvalue weighted by Gasteiger charge is 2.34. The summed E-state index contributed by atoms with van der Waals surface area (Å²) >= 11 is 0. The summed E-state index contributed by atoms with van der Waals surface area (Å²) in [5.74, 6) is -3.62. The van der Waals surface area contributed by atoms with Crippen LogP contribution in [0.4, 0.5) is 20.2 Å². The lowest BCUT2D eigenvalue weighted by Crippen LogP contribution is -2.49. The lowest BCUT2D eigenvalue weighted by atomic mass is 9.89. The van der Waals surface area contributed by atoms with Crippen molar-refractivity contribution in [2.24, 2.45) is 0 Å². The normalized spacial score (nSPS) is 19.6. The summed E-state index contributed by atoms with van der Waals surface area (Å²) in [4.78, 5) is 18.8. The van der Waals surface area contributed by atoms with Crippen LogP contribution in [0.15, 0.2) is 54.7 Å². The minimum absolute atomic E-state index is 0.111. The molecule has 3 aromatic rings. The maximum Gasteiger partial charge on any atom is 0.286 e. The minimum atomic E-state index is -3.13. The van der Waals surface area contributed by atoms with Crippen molar-refractivity contribution in [1.29, 1.82) is 0 Å². The fraction of sp³-hybridized carbons (Fsp3) is 0.333. The van der Waals surface area contributed by atoms with Crippen molar-refractivity contribution < 1.29 is 23.4 Å². The van der Waals surface area contributed by atoms with Crippen LogP contribution in [-0.4, -0.2) is 41.8 Å². The molecule has 6 nitrogen and oxygen atoms in total. The Hall–Kier alpha value is -3.36. The van der Waals surface area contributed by atoms with E-state index in [0.29, 0.717) is 25.3 Å². The second kappa shape index (κ2) is 9.02. The number of carbonyl (C=O) groups excluding carboxylic acids is 1. The molecule has 0 spiro atoms. The van der Waals surface area contributed by atoms with Gasteiger partial charge in [-0.05, 0) is 53.9 Å². The molecule has 1 saturated heterocycles. The van der Waals surface area contributed by atoms with Gasteiger partial charge in [-0.1, -0.05) is 18.2 Å². The Morgan fingerprint density at radius 3 is 2.83 bits per heavy atom. The second-order valence-corrected chi connectivity index (χ2v) is 9.25. The molecule has 1 fully saturated rings. The first-order chi connectivity index (χ1) is 16.7. The number of halogens is 2. The van der Waals surface area contributed by atoms with E-state index in [1.54, 1.807) is 6.07 Å². The standard InChI is InChI=1S/C27H27F2N3O3/c1-16-3-5-19(31-26(34)18-7-8-30-25(12-18)27(2,28)29)13-22(16)17-4-6-21-23(11-17)32-9-10-35-15-20(32)14-24(21)33/h3-8,11-13,20,24,33H,9-10,14-15H2,1-2H3,(H,31,34)/t20-,24-/m1/s1. The van der Waals surface area contributed by atoms with Crippen molar-refractivity contribution in [2.45, 2.75) is 38.3 Å². The summed E-state index contributed by atoms with van der Waals surface area (Å²) in [6, 6.07) is 14.3. The predicted molar refractivity (Wildman–Crippen MR) is 130 cm³/mol. The van der Waals surface area contributed by atoms with Crippen molar-refractivity contribution in [1.82, 2.24) is 4.98 Å². The van der Waals surface area contributed by atoms with Gasteiger partial charge >= 0.3 is 0 Å². The molecular weight excluding hydrogens is 452 g/mol. The highest BCUT2D eigenvalue weighted by atomic mass is 19.3. The lowest BCUT2D eigenvalue weighted by Gasteiger charge is -2.43. The molecule has 0 unspecified atom stereocenters. The quantitative estimate of drug-likeness (QED) is 0.547. The Kier molecular flexibility index (Phi) is 6.02. The number of alkyl halides is 2. The van der Waals surface area contributed by atoms with Gasteiger partial charge in [0.25, 0.3) is 11.8 Å². The van der Waals surface area contributed by atoms with Gasteiger partial charge in [-0.2, -0.15) is 8.78 Å². The van der Waals surface area contributed by atoms with Crippen molar-refractivity contribution in [3.05, 3.63) is 77.1 Å². The number of fused-ring (bicyclic) bond motifs is 3. The third-order valence-corrected chi connectivity index (χ3v) is 6.70. The number of morpholine rings is 1. The minimum Gasteiger partial charge on any atom is -0.388 e. The first-order valence-corrected chi connectivity index (χ1v) is 11.6. The maximum atomic E-state index is 13.6. The summed E-state index contributed by atoms with van der Waals surface area (Å²) in [5, 5.41) is 13.5. The van der Waals surface area contributed by atoms with E-state index < -0.39 is 23.6 Å². The van der Waals surface area contributed by atoms with E-state index in [2.05, 4.69) is 21.3 Å². The topological polar surface area (TPSA) is 74.7 Å². The van der Waals surface area contributed by atoms with Gasteiger partial charge in [0.15, 0.2) is 0 Å². The molecule has 2 atom stereocenters. The van der Waals surface area contributed by atoms with Gasteiger partial charge in [0.1, 0.15) is 5.69 Å². The molecule has 182 valence electrons. The number of hydrogen-bond donors (Lipinski definition) is 2. The SMILES string of the molecule is Cc1ccc(NC(=O)c2ccnc(C(C)(F)F)c2)cc1-c1ccc2c(c1)N1CCOC[C@H]1C[C@H]2O. The molecule has 0 saturated carbocycles. The Morgan fingerprint density at radius 2 is 2.03 bits per heavy atom. The van der Waals surface area contributed by atoms with Gasteiger partial charge in [0, 0.05) is 48.6 Å². The number of aryl methyl sites for hydroxylation is 1. The smallest absolute Gasteiger partial charge is 0.286 e. The number of rotatable bonds is 4. The number of carbonyl (C=O) groups is 1. The molecule has 8 heteroatoms. The average molecular weight is 480 g/mol. The number of aliphatic hydroxyl groups excluding tert-OH is 1. The summed E-state index contributed by atoms with van der Waals surface area (Å²) in [6.07, 6.45) is 1.32. The Bertz CT molecular complexity index is 1270. The number of aliphatic hydroxyl groups is 1. The number of nitrogens with one attached hydrogen (secondary N) is 1. The van der Waals surface area contributed by atoms with Crippen LogP contribution in [0.2, 0.25) is 0 Å². The van der Waals surface area contributed by atoms with Crippen LogP contribution in [0.5, 0.6) is 0 Å². The number of ether oxygens (including phenoxy) is 1. The molecule has 1 aromatic heterocycles. The molecule has 2 aliphatic rings. The third kappa shape index (κ3) is 4.63. The van der Waals surface area contributed by atoms with Gasteiger partial charge in [0.2, 0.25) is 0 Å². The van der Waals surface area contributed by atoms with Crippen molar-refractivity contribution in [3.8, 4) is 11.1 Å². The van der Waals surface area contributed by atoms with Crippen LogP contribution < -0.4 is 10.2 Å². The average Bonchev–Trinajstić information content (AvgIpc) is 2.84. The number of pyridine rings is 1. The van der Waals surface area contributed by atoms with Crippen LogP contribution in [0, 0.1) is 6.92 Å². The van der Waals surface area contributed by atoms with Gasteiger partial charge in [-0.15, -0.1) is 0 Å². The number of anilines is 2. The molecule has 0 aliphatic carbocycles. The molecule has 1 amide bonds. The van der Waals surface area contributed by atoms with E-state index >= 15 is 0 Å². The molecule has 3 heterocycles. The zero-order valence-corrected chi connectivity index (χ0v) is 19.6. The summed E-state index contributed by atoms with van der Waals surface area (Å²) in [7, 11) is 0. The van der Waals surface area contributed by atoms with Gasteiger partial charge in [-0.3, -0.25) is 9.78 Å². The number of hydrogen-bond acceptors (Lipinski definition) is 5. The summed E-state index contributed by atoms with van der Waals surface area (Å²) < 4.78 is 32.9. The largest absolute Gasteiger partial charge is 0.388 e. The van der Waals surface area contributed by atoms with E-state index in [1.165, 1.54) is 12.3 Å². The first-order valence-electron chi connectivity index (χ1n) is 11.6. The molecule has 0 bridgehead atoms. The Morgan fingerprint density at radius 1 is 1.20 bits per heavy atom. The van der Waals surface area contributed by atoms with Crippen LogP contribution in [0.25, 0.3) is 11.1 Å². The monoisotopic (exact) mass is 479 g/mol. The second-order valence-electron chi connectivity index (χ2n) is 9.25. The van der Waals surface area contributed by atoms with E-state index in [9.17, 15) is 18.7 Å². The highest BCUT2D eigenvalue weighted by Crippen LogP contribution is 2.41. The van der Waals surface area contributed by atoms with E-state index in [0.717, 1.165) is 47.5 Å². The zero-order valence-electron chi connectivity index (χ0n) is 19.6. The third-order valence-electron chi connectivity index (χ3n) is 6.70. The maximum absolute atomic E-state index is 13.6. The molecule has 2 aromatic carbocycles. The Balaban J connectivity index is 1.44. The Labute approximate surface area is 202 Å². The predicted octanol–water partition coefficient (Wildman–Crippen LogP) is 5.06. The van der Waals surface area contributed by atoms with Gasteiger partial charge in [0.05, 0.1) is 25.4 Å². The zero-order chi connectivity index (χ0) is 24.7. The number of nitrogens with zero attached hydrogens (tertiary/aromatic N) is 2. The fourth-order valence-electron chi connectivity index (χ4n) is 4.82. The molecule has 2 aliphatic heterocycles. The summed E-state index contributed by atoms with van der Waals surface area (Å²) in [6.45, 7) is 4.76. The molecule has 0 radical (unpaired) electrons. The van der Waals surface area contributed by atoms with Crippen LogP contribution >= 0.6 is 0 Å². The molecular formula is C27H27F2N3O3. The van der Waals surface area contributed by atoms with Crippen molar-refractivity contribution in [3.63, 3.8) is 0 Å². The van der Waals surface area contributed by atoms with Crippen molar-refractivity contribution >= 4 is 17.3 Å². The van der Waals surface area contributed by atoms with Crippen LogP contribution in [0.1, 0.15) is 46.6 Å². The lowest BCUT2D eigenvalue weighted by molar-refractivity contribution is 0.0127. The van der Waals surface area contributed by atoms with Gasteiger partial charge in [-0.25, -0.2) is 0 Å². The molecule has 35 heavy (non-hydrogen) atoms. The van der Waals surface area contributed by atoms with E-state index in [-0.39, 0.29) is 11.6 Å². The van der Waals surface area contributed by atoms with Crippen molar-refractivity contribution in [2.75, 3.05) is 30.0 Å². The number of amides is 1. The first kappa shape index (κ1) is 23.4. The van der Waals surface area contributed by atoms with Gasteiger partial charge < -0.3 is 20.1 Å². The van der Waals surface area contributed by atoms with E-state index in [4.69, 9.17) is 4.74 Å². The number of aromatic nitrogens is 1. The van der Waals surface area contributed by atoms with E-state index in [1.807, 2.05) is 31.2 Å². The highest BCUT2D eigenvalue weighted by molar-refractivity contribution is 6.04. The van der Waals surface area contributed by atoms with Crippen LogP contribution in [-0.2, 0) is 10.7 Å².